The molecule has 0 amide bonds. The van der Waals surface area contributed by atoms with Crippen LogP contribution < -0.4 is 5.43 Å². The summed E-state index contributed by atoms with van der Waals surface area (Å²) >= 11 is 1.71. The molecule has 2 aliphatic rings. The second kappa shape index (κ2) is 6.31. The zero-order valence-corrected chi connectivity index (χ0v) is 19.0. The van der Waals surface area contributed by atoms with Crippen molar-refractivity contribution in [2.75, 3.05) is 0 Å². The van der Waals surface area contributed by atoms with Crippen molar-refractivity contribution in [2.24, 2.45) is 0 Å². The quantitative estimate of drug-likeness (QED) is 0.216. The van der Waals surface area contributed by atoms with E-state index in [4.69, 9.17) is 0 Å². The third kappa shape index (κ3) is 2.04. The molecule has 0 fully saturated rings. The fourth-order valence-corrected chi connectivity index (χ4v) is 7.48. The molecule has 8 rings (SSSR count). The molecule has 2 aliphatic carbocycles. The minimum Gasteiger partial charge on any atom is -0.289 e. The summed E-state index contributed by atoms with van der Waals surface area (Å²) in [5.74, 6) is 0. The largest absolute Gasteiger partial charge is 0.289 e. The van der Waals surface area contributed by atoms with Gasteiger partial charge in [-0.2, -0.15) is 0 Å². The lowest BCUT2D eigenvalue weighted by Gasteiger charge is -2.30. The first kappa shape index (κ1) is 18.4. The van der Waals surface area contributed by atoms with Crippen molar-refractivity contribution < 1.29 is 0 Å². The van der Waals surface area contributed by atoms with Gasteiger partial charge in [0, 0.05) is 20.2 Å². The van der Waals surface area contributed by atoms with E-state index in [9.17, 15) is 4.79 Å². The maximum absolute atomic E-state index is 13.7. The number of hydrogen-bond donors (Lipinski definition) is 0. The number of rotatable bonds is 0. The highest BCUT2D eigenvalue weighted by molar-refractivity contribution is 7.24. The van der Waals surface area contributed by atoms with Gasteiger partial charge in [-0.15, -0.1) is 11.3 Å². The van der Waals surface area contributed by atoms with E-state index in [1.165, 1.54) is 44.5 Å². The van der Waals surface area contributed by atoms with E-state index in [0.717, 1.165) is 20.2 Å². The average Bonchev–Trinajstić information content (AvgIpc) is 3.35. The molecule has 0 radical (unpaired) electrons. The van der Waals surface area contributed by atoms with Gasteiger partial charge in [0.2, 0.25) is 0 Å². The van der Waals surface area contributed by atoms with Crippen molar-refractivity contribution in [2.45, 2.75) is 5.41 Å². The molecule has 0 unspecified atom stereocenters. The lowest BCUT2D eigenvalue weighted by atomic mass is 9.70. The van der Waals surface area contributed by atoms with Gasteiger partial charge in [-0.25, -0.2) is 0 Å². The Morgan fingerprint density at radius 1 is 0.471 bits per heavy atom. The maximum Gasteiger partial charge on any atom is 0.195 e. The Morgan fingerprint density at radius 3 is 1.65 bits per heavy atom. The van der Waals surface area contributed by atoms with Crippen LogP contribution in [0, 0.1) is 0 Å². The third-order valence-corrected chi connectivity index (χ3v) is 8.83. The van der Waals surface area contributed by atoms with Gasteiger partial charge in [0.05, 0.1) is 5.41 Å². The molecule has 6 aromatic rings. The molecule has 34 heavy (non-hydrogen) atoms. The SMILES string of the molecule is O=c1c2ccccc2sc2cc3c(cc12)C1(c2ccccc2-c2ccccc21)c1ccccc1-3. The minimum absolute atomic E-state index is 0.123. The molecule has 1 spiro atoms. The zero-order valence-electron chi connectivity index (χ0n) is 18.2. The summed E-state index contributed by atoms with van der Waals surface area (Å²) in [6.45, 7) is 0. The average molecular weight is 451 g/mol. The van der Waals surface area contributed by atoms with Crippen molar-refractivity contribution in [1.29, 1.82) is 0 Å². The van der Waals surface area contributed by atoms with E-state index < -0.39 is 5.41 Å². The summed E-state index contributed by atoms with van der Waals surface area (Å²) in [6, 6.07) is 38.8. The molecule has 0 N–H and O–H groups in total. The minimum atomic E-state index is -0.407. The van der Waals surface area contributed by atoms with Crippen molar-refractivity contribution in [3.8, 4) is 22.3 Å². The highest BCUT2D eigenvalue weighted by Gasteiger charge is 2.51. The third-order valence-electron chi connectivity index (χ3n) is 7.69. The Hall–Kier alpha value is -4.01. The van der Waals surface area contributed by atoms with Crippen molar-refractivity contribution in [1.82, 2.24) is 0 Å². The molecule has 1 nitrogen and oxygen atoms in total. The van der Waals surface area contributed by atoms with Crippen molar-refractivity contribution >= 4 is 31.5 Å². The first-order valence-electron chi connectivity index (χ1n) is 11.6. The number of fused-ring (bicyclic) bond motifs is 12. The maximum atomic E-state index is 13.7. The van der Waals surface area contributed by atoms with Crippen LogP contribution in [0.4, 0.5) is 0 Å². The van der Waals surface area contributed by atoms with Crippen LogP contribution in [0.15, 0.2) is 114 Å². The smallest absolute Gasteiger partial charge is 0.195 e. The predicted octanol–water partition coefficient (Wildman–Crippen LogP) is 7.76. The standard InChI is InChI=1S/C32H18OS/c33-31-22-12-4-8-16-29(22)34-30-18-23-21-11-3-7-15-27(21)32(28(23)17-24(30)31)25-13-5-1-9-19(25)20-10-2-6-14-26(20)32/h1-18H. The Bertz CT molecular complexity index is 1850. The van der Waals surface area contributed by atoms with Crippen molar-refractivity contribution in [3.05, 3.63) is 142 Å². The topological polar surface area (TPSA) is 17.1 Å². The van der Waals surface area contributed by atoms with Gasteiger partial charge in [-0.3, -0.25) is 4.79 Å². The summed E-state index contributed by atoms with van der Waals surface area (Å²) in [5.41, 5.74) is 9.91. The van der Waals surface area contributed by atoms with Gasteiger partial charge in [0.25, 0.3) is 0 Å². The molecule has 0 saturated heterocycles. The molecular weight excluding hydrogens is 432 g/mol. The number of benzene rings is 5. The second-order valence-corrected chi connectivity index (χ2v) is 10.3. The zero-order chi connectivity index (χ0) is 22.4. The van der Waals surface area contributed by atoms with Gasteiger partial charge in [-0.1, -0.05) is 84.9 Å². The summed E-state index contributed by atoms with van der Waals surface area (Å²) < 4.78 is 2.09. The monoisotopic (exact) mass is 450 g/mol. The van der Waals surface area contributed by atoms with Crippen LogP contribution in [0.5, 0.6) is 0 Å². The van der Waals surface area contributed by atoms with Crippen LogP contribution in [0.2, 0.25) is 0 Å². The molecule has 0 saturated carbocycles. The van der Waals surface area contributed by atoms with Crippen LogP contribution in [0.1, 0.15) is 22.3 Å². The number of hydrogen-bond acceptors (Lipinski definition) is 2. The molecule has 0 aliphatic heterocycles. The summed E-state index contributed by atoms with van der Waals surface area (Å²) in [7, 11) is 0. The summed E-state index contributed by atoms with van der Waals surface area (Å²) in [6.07, 6.45) is 0. The lowest BCUT2D eigenvalue weighted by Crippen LogP contribution is -2.26. The van der Waals surface area contributed by atoms with Crippen LogP contribution in [-0.2, 0) is 5.41 Å². The normalized spacial score (nSPS) is 14.2. The van der Waals surface area contributed by atoms with Gasteiger partial charge in [0.15, 0.2) is 5.43 Å². The molecular formula is C32H18OS. The summed E-state index contributed by atoms with van der Waals surface area (Å²) in [4.78, 5) is 13.7. The predicted molar refractivity (Wildman–Crippen MR) is 142 cm³/mol. The Balaban J connectivity index is 1.61. The van der Waals surface area contributed by atoms with Crippen LogP contribution >= 0.6 is 11.3 Å². The van der Waals surface area contributed by atoms with E-state index in [1.807, 2.05) is 24.3 Å². The van der Waals surface area contributed by atoms with E-state index in [-0.39, 0.29) is 5.43 Å². The fraction of sp³-hybridized carbons (Fsp3) is 0.0312. The van der Waals surface area contributed by atoms with Crippen molar-refractivity contribution in [3.63, 3.8) is 0 Å². The van der Waals surface area contributed by atoms with Gasteiger partial charge in [0.1, 0.15) is 0 Å². The summed E-state index contributed by atoms with van der Waals surface area (Å²) in [5, 5.41) is 1.62. The Labute approximate surface area is 200 Å². The van der Waals surface area contributed by atoms with Gasteiger partial charge < -0.3 is 0 Å². The first-order chi connectivity index (χ1) is 16.8. The van der Waals surface area contributed by atoms with E-state index in [0.29, 0.717) is 0 Å². The lowest BCUT2D eigenvalue weighted by molar-refractivity contribution is 0.795. The van der Waals surface area contributed by atoms with Crippen LogP contribution in [0.3, 0.4) is 0 Å². The second-order valence-electron chi connectivity index (χ2n) is 9.21. The van der Waals surface area contributed by atoms with E-state index in [2.05, 4.69) is 84.9 Å². The molecule has 1 aromatic heterocycles. The molecule has 1 heterocycles. The molecule has 0 atom stereocenters. The molecule has 2 heteroatoms. The first-order valence-corrected chi connectivity index (χ1v) is 12.4. The molecule has 5 aromatic carbocycles. The molecule has 0 bridgehead atoms. The fourth-order valence-electron chi connectivity index (χ4n) is 6.39. The highest BCUT2D eigenvalue weighted by Crippen LogP contribution is 2.63. The highest BCUT2D eigenvalue weighted by atomic mass is 32.1. The van der Waals surface area contributed by atoms with E-state index in [1.54, 1.807) is 11.3 Å². The van der Waals surface area contributed by atoms with Gasteiger partial charge >= 0.3 is 0 Å². The van der Waals surface area contributed by atoms with Crippen LogP contribution in [-0.4, -0.2) is 0 Å². The van der Waals surface area contributed by atoms with Crippen LogP contribution in [0.25, 0.3) is 42.4 Å². The van der Waals surface area contributed by atoms with E-state index >= 15 is 0 Å². The Morgan fingerprint density at radius 2 is 1.00 bits per heavy atom. The van der Waals surface area contributed by atoms with Gasteiger partial charge in [-0.05, 0) is 68.8 Å². The molecule has 158 valence electrons. The Kier molecular flexibility index (Phi) is 3.42.